The van der Waals surface area contributed by atoms with Gasteiger partial charge in [0.15, 0.2) is 12.1 Å². The van der Waals surface area contributed by atoms with E-state index in [-0.39, 0.29) is 5.78 Å². The van der Waals surface area contributed by atoms with Gasteiger partial charge in [0, 0.05) is 42.7 Å². The summed E-state index contributed by atoms with van der Waals surface area (Å²) in [6.07, 6.45) is 8.11. The number of nitrogens with zero attached hydrogens (tertiary/aromatic N) is 1. The summed E-state index contributed by atoms with van der Waals surface area (Å²) in [7, 11) is 0. The standard InChI is InChI=1S/C17H21NO2/c1-4-7-11-18(10-5-2)15-8-9-16(17(20)6-3)14(12-15)13-19/h1,8-9,12-13H,5-7,10-11H2,2-3H3. The molecule has 0 aliphatic rings. The van der Waals surface area contributed by atoms with Crippen molar-refractivity contribution in [2.24, 2.45) is 0 Å². The van der Waals surface area contributed by atoms with Gasteiger partial charge in [-0.2, -0.15) is 0 Å². The Morgan fingerprint density at radius 2 is 2.10 bits per heavy atom. The molecule has 0 saturated carbocycles. The van der Waals surface area contributed by atoms with Gasteiger partial charge in [0.05, 0.1) is 0 Å². The van der Waals surface area contributed by atoms with E-state index < -0.39 is 0 Å². The number of hydrogen-bond acceptors (Lipinski definition) is 3. The third-order valence-corrected chi connectivity index (χ3v) is 3.17. The molecule has 106 valence electrons. The van der Waals surface area contributed by atoms with Gasteiger partial charge in [0.1, 0.15) is 0 Å². The Labute approximate surface area is 121 Å². The maximum atomic E-state index is 11.8. The van der Waals surface area contributed by atoms with Crippen LogP contribution in [0, 0.1) is 12.3 Å². The lowest BCUT2D eigenvalue weighted by molar-refractivity contribution is 0.0981. The maximum absolute atomic E-state index is 11.8. The SMILES string of the molecule is C#CCCN(CCC)c1ccc(C(=O)CC)c(C=O)c1. The van der Waals surface area contributed by atoms with E-state index in [9.17, 15) is 9.59 Å². The number of ketones is 1. The summed E-state index contributed by atoms with van der Waals surface area (Å²) in [6.45, 7) is 5.52. The van der Waals surface area contributed by atoms with E-state index in [1.165, 1.54) is 0 Å². The number of hydrogen-bond donors (Lipinski definition) is 0. The van der Waals surface area contributed by atoms with Crippen molar-refractivity contribution >= 4 is 17.8 Å². The number of benzene rings is 1. The van der Waals surface area contributed by atoms with Gasteiger partial charge in [-0.15, -0.1) is 12.3 Å². The van der Waals surface area contributed by atoms with E-state index >= 15 is 0 Å². The van der Waals surface area contributed by atoms with Crippen molar-refractivity contribution in [2.45, 2.75) is 33.1 Å². The summed E-state index contributed by atoms with van der Waals surface area (Å²) in [6, 6.07) is 5.41. The van der Waals surface area contributed by atoms with Crippen LogP contribution in [0.5, 0.6) is 0 Å². The van der Waals surface area contributed by atoms with E-state index in [2.05, 4.69) is 17.7 Å². The van der Waals surface area contributed by atoms with Crippen LogP contribution in [0.15, 0.2) is 18.2 Å². The minimum absolute atomic E-state index is 0.00989. The van der Waals surface area contributed by atoms with E-state index in [0.717, 1.165) is 31.5 Å². The van der Waals surface area contributed by atoms with Crippen molar-refractivity contribution in [1.82, 2.24) is 0 Å². The summed E-state index contributed by atoms with van der Waals surface area (Å²) in [5.41, 5.74) is 1.90. The number of carbonyl (C=O) groups is 2. The van der Waals surface area contributed by atoms with Crippen molar-refractivity contribution in [2.75, 3.05) is 18.0 Å². The molecule has 1 aromatic carbocycles. The molecule has 0 aliphatic heterocycles. The predicted molar refractivity (Wildman–Crippen MR) is 82.4 cm³/mol. The van der Waals surface area contributed by atoms with E-state index in [1.54, 1.807) is 19.1 Å². The average Bonchev–Trinajstić information content (AvgIpc) is 2.50. The monoisotopic (exact) mass is 271 g/mol. The summed E-state index contributed by atoms with van der Waals surface area (Å²) < 4.78 is 0. The van der Waals surface area contributed by atoms with Gasteiger partial charge >= 0.3 is 0 Å². The first-order valence-corrected chi connectivity index (χ1v) is 6.98. The lowest BCUT2D eigenvalue weighted by Crippen LogP contribution is -2.25. The Hall–Kier alpha value is -2.08. The van der Waals surface area contributed by atoms with Gasteiger partial charge in [-0.25, -0.2) is 0 Å². The fourth-order valence-corrected chi connectivity index (χ4v) is 2.13. The maximum Gasteiger partial charge on any atom is 0.163 e. The number of carbonyl (C=O) groups excluding carboxylic acids is 2. The molecule has 1 aromatic rings. The normalized spacial score (nSPS) is 9.85. The quantitative estimate of drug-likeness (QED) is 0.413. The van der Waals surface area contributed by atoms with Gasteiger partial charge in [0.2, 0.25) is 0 Å². The largest absolute Gasteiger partial charge is 0.371 e. The molecule has 0 N–H and O–H groups in total. The zero-order valence-electron chi connectivity index (χ0n) is 12.2. The highest BCUT2D eigenvalue weighted by atomic mass is 16.1. The van der Waals surface area contributed by atoms with Gasteiger partial charge in [-0.1, -0.05) is 13.8 Å². The molecular weight excluding hydrogens is 250 g/mol. The Bertz CT molecular complexity index is 514. The molecule has 0 heterocycles. The summed E-state index contributed by atoms with van der Waals surface area (Å²) in [5.74, 6) is 2.62. The molecule has 0 unspecified atom stereocenters. The first-order chi connectivity index (χ1) is 9.67. The first-order valence-electron chi connectivity index (χ1n) is 6.98. The van der Waals surface area contributed by atoms with Crippen molar-refractivity contribution in [1.29, 1.82) is 0 Å². The van der Waals surface area contributed by atoms with Crippen LogP contribution >= 0.6 is 0 Å². The highest BCUT2D eigenvalue weighted by Gasteiger charge is 2.12. The van der Waals surface area contributed by atoms with Crippen LogP contribution in [0.25, 0.3) is 0 Å². The van der Waals surface area contributed by atoms with Crippen LogP contribution in [0.1, 0.15) is 53.8 Å². The van der Waals surface area contributed by atoms with Crippen LogP contribution < -0.4 is 4.90 Å². The molecule has 3 heteroatoms. The Balaban J connectivity index is 3.08. The molecule has 0 spiro atoms. The summed E-state index contributed by atoms with van der Waals surface area (Å²) in [5, 5.41) is 0. The van der Waals surface area contributed by atoms with Gasteiger partial charge in [-0.05, 0) is 24.6 Å². The van der Waals surface area contributed by atoms with Crippen molar-refractivity contribution in [3.8, 4) is 12.3 Å². The van der Waals surface area contributed by atoms with Crippen molar-refractivity contribution in [3.05, 3.63) is 29.3 Å². The molecule has 0 radical (unpaired) electrons. The van der Waals surface area contributed by atoms with Crippen LogP contribution in [0.3, 0.4) is 0 Å². The number of aldehydes is 1. The van der Waals surface area contributed by atoms with Gasteiger partial charge in [-0.3, -0.25) is 9.59 Å². The zero-order chi connectivity index (χ0) is 15.0. The van der Waals surface area contributed by atoms with Crippen molar-refractivity contribution in [3.63, 3.8) is 0 Å². The molecule has 20 heavy (non-hydrogen) atoms. The lowest BCUT2D eigenvalue weighted by Gasteiger charge is -2.24. The molecule has 0 aromatic heterocycles. The van der Waals surface area contributed by atoms with Crippen LogP contribution in [0.4, 0.5) is 5.69 Å². The van der Waals surface area contributed by atoms with Crippen LogP contribution in [-0.2, 0) is 0 Å². The fourth-order valence-electron chi connectivity index (χ4n) is 2.13. The molecule has 0 fully saturated rings. The molecule has 3 nitrogen and oxygen atoms in total. The predicted octanol–water partition coefficient (Wildman–Crippen LogP) is 3.33. The van der Waals surface area contributed by atoms with Crippen molar-refractivity contribution < 1.29 is 9.59 Å². The Morgan fingerprint density at radius 1 is 1.35 bits per heavy atom. The number of Topliss-reactive ketones (excluding diaryl/α,β-unsaturated/α-hetero) is 1. The summed E-state index contributed by atoms with van der Waals surface area (Å²) in [4.78, 5) is 25.1. The first kappa shape index (κ1) is 16.0. The average molecular weight is 271 g/mol. The number of rotatable bonds is 8. The topological polar surface area (TPSA) is 37.4 Å². The van der Waals surface area contributed by atoms with Gasteiger partial charge in [0.25, 0.3) is 0 Å². The van der Waals surface area contributed by atoms with Crippen LogP contribution in [-0.4, -0.2) is 25.2 Å². The zero-order valence-corrected chi connectivity index (χ0v) is 12.2. The molecule has 0 aliphatic carbocycles. The third-order valence-electron chi connectivity index (χ3n) is 3.17. The molecular formula is C17H21NO2. The number of terminal acetylenes is 1. The second-order valence-corrected chi connectivity index (χ2v) is 4.61. The summed E-state index contributed by atoms with van der Waals surface area (Å²) >= 11 is 0. The van der Waals surface area contributed by atoms with Gasteiger partial charge < -0.3 is 4.90 Å². The highest BCUT2D eigenvalue weighted by molar-refractivity contribution is 6.03. The molecule has 0 atom stereocenters. The minimum Gasteiger partial charge on any atom is -0.371 e. The molecule has 0 amide bonds. The fraction of sp³-hybridized carbons (Fsp3) is 0.412. The molecule has 0 bridgehead atoms. The Kier molecular flexibility index (Phi) is 6.52. The second-order valence-electron chi connectivity index (χ2n) is 4.61. The van der Waals surface area contributed by atoms with Crippen LogP contribution in [0.2, 0.25) is 0 Å². The highest BCUT2D eigenvalue weighted by Crippen LogP contribution is 2.20. The second kappa shape index (κ2) is 8.16. The molecule has 1 rings (SSSR count). The smallest absolute Gasteiger partial charge is 0.163 e. The van der Waals surface area contributed by atoms with E-state index in [4.69, 9.17) is 6.42 Å². The van der Waals surface area contributed by atoms with E-state index in [0.29, 0.717) is 24.0 Å². The Morgan fingerprint density at radius 3 is 2.65 bits per heavy atom. The molecule has 0 saturated heterocycles. The number of anilines is 1. The third kappa shape index (κ3) is 3.96. The lowest BCUT2D eigenvalue weighted by atomic mass is 10.0. The van der Waals surface area contributed by atoms with E-state index in [1.807, 2.05) is 6.07 Å². The minimum atomic E-state index is -0.00989.